The zero-order valence-electron chi connectivity index (χ0n) is 14.2. The molecule has 8 heteroatoms. The standard InChI is InChI=1S/C19H15ClN2O4S/c1-2-26-16-8-3-11(10-15(16)23)9-14-17(24)21-19(27)22(18(14)25)13-6-4-12(20)5-7-13/h3-10,23H,2H2,1H3,(H,21,24,27)/b14-9-. The van der Waals surface area contributed by atoms with Gasteiger partial charge in [0.25, 0.3) is 11.8 Å². The van der Waals surface area contributed by atoms with Crippen molar-refractivity contribution < 1.29 is 19.4 Å². The van der Waals surface area contributed by atoms with Crippen molar-refractivity contribution in [2.24, 2.45) is 0 Å². The lowest BCUT2D eigenvalue weighted by Crippen LogP contribution is -2.54. The Labute approximate surface area is 166 Å². The largest absolute Gasteiger partial charge is 0.504 e. The molecule has 0 aromatic heterocycles. The van der Waals surface area contributed by atoms with Crippen molar-refractivity contribution in [2.45, 2.75) is 6.92 Å². The van der Waals surface area contributed by atoms with Crippen molar-refractivity contribution >= 4 is 52.5 Å². The maximum Gasteiger partial charge on any atom is 0.270 e. The Bertz CT molecular complexity index is 957. The van der Waals surface area contributed by atoms with Gasteiger partial charge in [0.2, 0.25) is 0 Å². The number of hydrogen-bond donors (Lipinski definition) is 2. The lowest BCUT2D eigenvalue weighted by atomic mass is 10.1. The summed E-state index contributed by atoms with van der Waals surface area (Å²) >= 11 is 11.0. The normalized spacial score (nSPS) is 15.9. The van der Waals surface area contributed by atoms with Crippen LogP contribution in [-0.2, 0) is 9.59 Å². The van der Waals surface area contributed by atoms with Gasteiger partial charge in [-0.1, -0.05) is 17.7 Å². The molecule has 3 rings (SSSR count). The number of benzene rings is 2. The zero-order chi connectivity index (χ0) is 19.6. The Morgan fingerprint density at radius 1 is 1.22 bits per heavy atom. The lowest BCUT2D eigenvalue weighted by Gasteiger charge is -2.29. The number of phenols is 1. The molecule has 0 saturated carbocycles. The van der Waals surface area contributed by atoms with E-state index in [1.54, 1.807) is 43.3 Å². The first-order chi connectivity index (χ1) is 12.9. The number of nitrogens with zero attached hydrogens (tertiary/aromatic N) is 1. The van der Waals surface area contributed by atoms with Crippen LogP contribution in [0.25, 0.3) is 6.08 Å². The van der Waals surface area contributed by atoms with Crippen LogP contribution in [0.5, 0.6) is 11.5 Å². The van der Waals surface area contributed by atoms with Crippen LogP contribution in [0.2, 0.25) is 5.02 Å². The van der Waals surface area contributed by atoms with Gasteiger partial charge < -0.3 is 9.84 Å². The van der Waals surface area contributed by atoms with Gasteiger partial charge in [0.1, 0.15) is 5.57 Å². The molecule has 1 aliphatic heterocycles. The van der Waals surface area contributed by atoms with E-state index in [1.807, 2.05) is 0 Å². The van der Waals surface area contributed by atoms with E-state index in [0.29, 0.717) is 28.6 Å². The van der Waals surface area contributed by atoms with E-state index in [1.165, 1.54) is 17.0 Å². The fourth-order valence-corrected chi connectivity index (χ4v) is 2.96. The van der Waals surface area contributed by atoms with Crippen LogP contribution in [0, 0.1) is 0 Å². The number of rotatable bonds is 4. The number of aromatic hydroxyl groups is 1. The third-order valence-electron chi connectivity index (χ3n) is 3.78. The number of nitrogens with one attached hydrogen (secondary N) is 1. The molecule has 0 atom stereocenters. The summed E-state index contributed by atoms with van der Waals surface area (Å²) in [6.07, 6.45) is 1.39. The van der Waals surface area contributed by atoms with Crippen LogP contribution in [0.4, 0.5) is 5.69 Å². The number of anilines is 1. The summed E-state index contributed by atoms with van der Waals surface area (Å²) in [6, 6.07) is 11.1. The molecular formula is C19H15ClN2O4S. The minimum Gasteiger partial charge on any atom is -0.504 e. The van der Waals surface area contributed by atoms with Crippen molar-refractivity contribution in [2.75, 3.05) is 11.5 Å². The molecule has 0 aliphatic carbocycles. The van der Waals surface area contributed by atoms with E-state index >= 15 is 0 Å². The van der Waals surface area contributed by atoms with Gasteiger partial charge in [-0.3, -0.25) is 19.8 Å². The number of phenolic OH excluding ortho intramolecular Hbond substituents is 1. The number of carbonyl (C=O) groups excluding carboxylic acids is 2. The predicted octanol–water partition coefficient (Wildman–Crippen LogP) is 3.28. The highest BCUT2D eigenvalue weighted by Crippen LogP contribution is 2.29. The van der Waals surface area contributed by atoms with Crippen molar-refractivity contribution in [1.82, 2.24) is 5.32 Å². The molecule has 2 aromatic rings. The minimum absolute atomic E-state index is 0.0148. The fourth-order valence-electron chi connectivity index (χ4n) is 2.55. The van der Waals surface area contributed by atoms with Crippen LogP contribution < -0.4 is 15.0 Å². The Kier molecular flexibility index (Phi) is 5.43. The Morgan fingerprint density at radius 3 is 2.56 bits per heavy atom. The third kappa shape index (κ3) is 3.94. The summed E-state index contributed by atoms with van der Waals surface area (Å²) in [5.41, 5.74) is 0.843. The molecule has 2 amide bonds. The molecule has 138 valence electrons. The molecule has 0 spiro atoms. The number of hydrogen-bond acceptors (Lipinski definition) is 5. The van der Waals surface area contributed by atoms with Gasteiger partial charge in [0.15, 0.2) is 16.6 Å². The van der Waals surface area contributed by atoms with Crippen molar-refractivity contribution in [3.63, 3.8) is 0 Å². The van der Waals surface area contributed by atoms with Crippen LogP contribution >= 0.6 is 23.8 Å². The van der Waals surface area contributed by atoms with E-state index in [-0.39, 0.29) is 16.4 Å². The highest BCUT2D eigenvalue weighted by molar-refractivity contribution is 7.80. The molecule has 2 N–H and O–H groups in total. The van der Waals surface area contributed by atoms with E-state index in [4.69, 9.17) is 28.6 Å². The SMILES string of the molecule is CCOc1ccc(/C=C2/C(=O)NC(=S)N(c3ccc(Cl)cc3)C2=O)cc1O. The molecule has 2 aromatic carbocycles. The lowest BCUT2D eigenvalue weighted by molar-refractivity contribution is -0.122. The van der Waals surface area contributed by atoms with Crippen LogP contribution in [-0.4, -0.2) is 28.6 Å². The van der Waals surface area contributed by atoms with Gasteiger partial charge in [-0.2, -0.15) is 0 Å². The second kappa shape index (κ2) is 7.77. The first kappa shape index (κ1) is 18.9. The van der Waals surface area contributed by atoms with Gasteiger partial charge in [0, 0.05) is 5.02 Å². The number of carbonyl (C=O) groups is 2. The van der Waals surface area contributed by atoms with E-state index in [0.717, 1.165) is 0 Å². The molecule has 0 bridgehead atoms. The highest BCUT2D eigenvalue weighted by Gasteiger charge is 2.34. The summed E-state index contributed by atoms with van der Waals surface area (Å²) in [5, 5.41) is 13.0. The maximum absolute atomic E-state index is 12.9. The average molecular weight is 403 g/mol. The maximum atomic E-state index is 12.9. The summed E-state index contributed by atoms with van der Waals surface area (Å²) in [7, 11) is 0. The molecule has 1 saturated heterocycles. The third-order valence-corrected chi connectivity index (χ3v) is 4.32. The second-order valence-electron chi connectivity index (χ2n) is 5.59. The molecule has 1 heterocycles. The summed E-state index contributed by atoms with van der Waals surface area (Å²) < 4.78 is 5.27. The van der Waals surface area contributed by atoms with Gasteiger partial charge in [0.05, 0.1) is 12.3 Å². The number of ether oxygens (including phenoxy) is 1. The molecule has 6 nitrogen and oxygen atoms in total. The molecule has 1 aliphatic rings. The second-order valence-corrected chi connectivity index (χ2v) is 6.42. The highest BCUT2D eigenvalue weighted by atomic mass is 35.5. The predicted molar refractivity (Wildman–Crippen MR) is 107 cm³/mol. The smallest absolute Gasteiger partial charge is 0.270 e. The van der Waals surface area contributed by atoms with E-state index < -0.39 is 11.8 Å². The average Bonchev–Trinajstić information content (AvgIpc) is 2.62. The van der Waals surface area contributed by atoms with Crippen LogP contribution in [0.3, 0.4) is 0 Å². The number of amides is 2. The van der Waals surface area contributed by atoms with E-state index in [9.17, 15) is 14.7 Å². The number of thiocarbonyl (C=S) groups is 1. The van der Waals surface area contributed by atoms with Gasteiger partial charge in [-0.25, -0.2) is 0 Å². The Balaban J connectivity index is 1.96. The van der Waals surface area contributed by atoms with Crippen LogP contribution in [0.15, 0.2) is 48.0 Å². The first-order valence-electron chi connectivity index (χ1n) is 8.03. The summed E-state index contributed by atoms with van der Waals surface area (Å²) in [6.45, 7) is 2.21. The van der Waals surface area contributed by atoms with Crippen molar-refractivity contribution in [3.05, 3.63) is 58.6 Å². The molecule has 0 unspecified atom stereocenters. The van der Waals surface area contributed by atoms with Gasteiger partial charge >= 0.3 is 0 Å². The Hall–Kier alpha value is -2.90. The molecule has 1 fully saturated rings. The number of halogens is 1. The zero-order valence-corrected chi connectivity index (χ0v) is 15.8. The monoisotopic (exact) mass is 402 g/mol. The fraction of sp³-hybridized carbons (Fsp3) is 0.105. The van der Waals surface area contributed by atoms with Gasteiger partial charge in [-0.15, -0.1) is 0 Å². The minimum atomic E-state index is -0.608. The van der Waals surface area contributed by atoms with Crippen LogP contribution in [0.1, 0.15) is 12.5 Å². The van der Waals surface area contributed by atoms with E-state index in [2.05, 4.69) is 5.32 Å². The summed E-state index contributed by atoms with van der Waals surface area (Å²) in [5.74, 6) is -0.939. The quantitative estimate of drug-likeness (QED) is 0.466. The molecule has 27 heavy (non-hydrogen) atoms. The molecular weight excluding hydrogens is 388 g/mol. The Morgan fingerprint density at radius 2 is 1.93 bits per heavy atom. The molecule has 0 radical (unpaired) electrons. The first-order valence-corrected chi connectivity index (χ1v) is 8.82. The van der Waals surface area contributed by atoms with Crippen molar-refractivity contribution in [1.29, 1.82) is 0 Å². The topological polar surface area (TPSA) is 78.9 Å². The van der Waals surface area contributed by atoms with Gasteiger partial charge in [-0.05, 0) is 67.2 Å². The van der Waals surface area contributed by atoms with Crippen molar-refractivity contribution in [3.8, 4) is 11.5 Å². The summed E-state index contributed by atoms with van der Waals surface area (Å²) in [4.78, 5) is 26.4.